The number of hydrogen-bond acceptors (Lipinski definition) is 3. The molecule has 1 spiro atoms. The van der Waals surface area contributed by atoms with Crippen LogP contribution < -0.4 is 10.5 Å². The van der Waals surface area contributed by atoms with Crippen molar-refractivity contribution < 1.29 is 13.9 Å². The third-order valence-corrected chi connectivity index (χ3v) is 3.58. The number of hydrogen-bond donors (Lipinski definition) is 1. The van der Waals surface area contributed by atoms with Crippen molar-refractivity contribution in [3.63, 3.8) is 0 Å². The van der Waals surface area contributed by atoms with Gasteiger partial charge >= 0.3 is 0 Å². The van der Waals surface area contributed by atoms with E-state index in [1.807, 2.05) is 0 Å². The molecular formula is C13H16FNO2. The molecule has 3 rings (SSSR count). The van der Waals surface area contributed by atoms with Gasteiger partial charge in [0, 0.05) is 24.6 Å². The van der Waals surface area contributed by atoms with Gasteiger partial charge in [-0.05, 0) is 31.0 Å². The van der Waals surface area contributed by atoms with E-state index in [1.54, 1.807) is 6.07 Å². The lowest BCUT2D eigenvalue weighted by molar-refractivity contribution is -0.0833. The van der Waals surface area contributed by atoms with Crippen molar-refractivity contribution in [2.75, 3.05) is 13.2 Å². The van der Waals surface area contributed by atoms with Crippen molar-refractivity contribution in [3.8, 4) is 5.75 Å². The van der Waals surface area contributed by atoms with Crippen LogP contribution in [0.2, 0.25) is 0 Å². The summed E-state index contributed by atoms with van der Waals surface area (Å²) in [5.41, 5.74) is 6.58. The Morgan fingerprint density at radius 2 is 2.29 bits per heavy atom. The van der Waals surface area contributed by atoms with E-state index in [-0.39, 0.29) is 17.5 Å². The van der Waals surface area contributed by atoms with Crippen LogP contribution in [0, 0.1) is 5.82 Å². The SMILES string of the molecule is NC1CC2(CCCOC2)Oc2ccc(F)cc21. The van der Waals surface area contributed by atoms with Gasteiger partial charge in [-0.3, -0.25) is 0 Å². The maximum absolute atomic E-state index is 13.2. The van der Waals surface area contributed by atoms with E-state index in [2.05, 4.69) is 0 Å². The number of halogens is 1. The number of benzene rings is 1. The second kappa shape index (κ2) is 3.96. The highest BCUT2D eigenvalue weighted by Gasteiger charge is 2.41. The summed E-state index contributed by atoms with van der Waals surface area (Å²) in [5.74, 6) is 0.439. The number of nitrogens with two attached hydrogens (primary N) is 1. The first-order chi connectivity index (χ1) is 8.19. The Morgan fingerprint density at radius 1 is 1.41 bits per heavy atom. The standard InChI is InChI=1S/C13H16FNO2/c14-9-2-3-12-10(6-9)11(15)7-13(17-12)4-1-5-16-8-13/h2-3,6,11H,1,4-5,7-8,15H2. The summed E-state index contributed by atoms with van der Waals surface area (Å²) in [6.07, 6.45) is 2.64. The molecule has 0 aliphatic carbocycles. The third-order valence-electron chi connectivity index (χ3n) is 3.58. The fraction of sp³-hybridized carbons (Fsp3) is 0.538. The second-order valence-electron chi connectivity index (χ2n) is 4.93. The van der Waals surface area contributed by atoms with Crippen LogP contribution in [0.15, 0.2) is 18.2 Å². The van der Waals surface area contributed by atoms with Gasteiger partial charge in [0.2, 0.25) is 0 Å². The molecule has 2 aliphatic rings. The van der Waals surface area contributed by atoms with Crippen molar-refractivity contribution >= 4 is 0 Å². The zero-order chi connectivity index (χ0) is 11.9. The maximum atomic E-state index is 13.2. The van der Waals surface area contributed by atoms with E-state index >= 15 is 0 Å². The van der Waals surface area contributed by atoms with Gasteiger partial charge in [0.25, 0.3) is 0 Å². The van der Waals surface area contributed by atoms with Crippen LogP contribution in [0.5, 0.6) is 5.75 Å². The first-order valence-corrected chi connectivity index (χ1v) is 6.00. The molecule has 0 amide bonds. The minimum Gasteiger partial charge on any atom is -0.484 e. The largest absolute Gasteiger partial charge is 0.484 e. The zero-order valence-corrected chi connectivity index (χ0v) is 9.62. The molecule has 17 heavy (non-hydrogen) atoms. The summed E-state index contributed by atoms with van der Waals surface area (Å²) in [5, 5.41) is 0. The Labute approximate surface area is 99.7 Å². The average Bonchev–Trinajstić information content (AvgIpc) is 2.31. The lowest BCUT2D eigenvalue weighted by atomic mass is 9.84. The molecule has 2 N–H and O–H groups in total. The summed E-state index contributed by atoms with van der Waals surface area (Å²) in [7, 11) is 0. The Bertz CT molecular complexity index is 429. The van der Waals surface area contributed by atoms with Gasteiger partial charge in [0.15, 0.2) is 0 Å². The molecule has 1 aromatic carbocycles. The zero-order valence-electron chi connectivity index (χ0n) is 9.62. The normalized spacial score (nSPS) is 32.0. The van der Waals surface area contributed by atoms with Crippen LogP contribution in [0.1, 0.15) is 30.9 Å². The predicted octanol–water partition coefficient (Wildman–Crippen LogP) is 2.16. The molecule has 0 radical (unpaired) electrons. The fourth-order valence-electron chi connectivity index (χ4n) is 2.76. The van der Waals surface area contributed by atoms with Gasteiger partial charge in [-0.1, -0.05) is 0 Å². The Hall–Kier alpha value is -1.13. The van der Waals surface area contributed by atoms with Crippen molar-refractivity contribution in [3.05, 3.63) is 29.6 Å². The Kier molecular flexibility index (Phi) is 2.56. The van der Waals surface area contributed by atoms with E-state index in [0.717, 1.165) is 25.0 Å². The van der Waals surface area contributed by atoms with Crippen molar-refractivity contribution in [1.82, 2.24) is 0 Å². The summed E-state index contributed by atoms with van der Waals surface area (Å²) in [4.78, 5) is 0. The molecule has 0 bridgehead atoms. The highest BCUT2D eigenvalue weighted by Crippen LogP contribution is 2.42. The molecule has 0 aromatic heterocycles. The van der Waals surface area contributed by atoms with E-state index < -0.39 is 0 Å². The van der Waals surface area contributed by atoms with Crippen LogP contribution >= 0.6 is 0 Å². The molecule has 4 heteroatoms. The van der Waals surface area contributed by atoms with E-state index in [4.69, 9.17) is 15.2 Å². The number of ether oxygens (including phenoxy) is 2. The van der Waals surface area contributed by atoms with Gasteiger partial charge < -0.3 is 15.2 Å². The minimum atomic E-state index is -0.303. The van der Waals surface area contributed by atoms with E-state index in [0.29, 0.717) is 18.8 Å². The highest BCUT2D eigenvalue weighted by atomic mass is 19.1. The quantitative estimate of drug-likeness (QED) is 0.752. The van der Waals surface area contributed by atoms with Gasteiger partial charge in [0.1, 0.15) is 17.2 Å². The number of rotatable bonds is 0. The van der Waals surface area contributed by atoms with Crippen molar-refractivity contribution in [1.29, 1.82) is 0 Å². The van der Waals surface area contributed by atoms with Crippen molar-refractivity contribution in [2.24, 2.45) is 5.73 Å². The first-order valence-electron chi connectivity index (χ1n) is 6.00. The fourth-order valence-corrected chi connectivity index (χ4v) is 2.76. The van der Waals surface area contributed by atoms with Crippen molar-refractivity contribution in [2.45, 2.75) is 30.9 Å². The molecule has 2 unspecified atom stereocenters. The lowest BCUT2D eigenvalue weighted by Crippen LogP contribution is -2.49. The molecule has 1 fully saturated rings. The molecule has 1 saturated heterocycles. The number of fused-ring (bicyclic) bond motifs is 1. The predicted molar refractivity (Wildman–Crippen MR) is 61.4 cm³/mol. The first kappa shape index (κ1) is 11.0. The summed E-state index contributed by atoms with van der Waals surface area (Å²) in [6.45, 7) is 1.37. The molecule has 2 aliphatic heterocycles. The smallest absolute Gasteiger partial charge is 0.134 e. The van der Waals surface area contributed by atoms with Gasteiger partial charge in [-0.15, -0.1) is 0 Å². The van der Waals surface area contributed by atoms with E-state index in [1.165, 1.54) is 12.1 Å². The highest BCUT2D eigenvalue weighted by molar-refractivity contribution is 5.39. The maximum Gasteiger partial charge on any atom is 0.134 e. The van der Waals surface area contributed by atoms with Crippen LogP contribution in [0.25, 0.3) is 0 Å². The monoisotopic (exact) mass is 237 g/mol. The molecule has 0 saturated carbocycles. The average molecular weight is 237 g/mol. The molecular weight excluding hydrogens is 221 g/mol. The molecule has 2 atom stereocenters. The third kappa shape index (κ3) is 1.91. The Morgan fingerprint density at radius 3 is 3.06 bits per heavy atom. The molecule has 92 valence electrons. The van der Waals surface area contributed by atoms with Crippen LogP contribution in [-0.2, 0) is 4.74 Å². The summed E-state index contributed by atoms with van der Waals surface area (Å²) in [6, 6.07) is 4.38. The summed E-state index contributed by atoms with van der Waals surface area (Å²) >= 11 is 0. The van der Waals surface area contributed by atoms with Gasteiger partial charge in [0.05, 0.1) is 6.61 Å². The molecule has 1 aromatic rings. The van der Waals surface area contributed by atoms with E-state index in [9.17, 15) is 4.39 Å². The summed E-state index contributed by atoms with van der Waals surface area (Å²) < 4.78 is 24.7. The lowest BCUT2D eigenvalue weighted by Gasteiger charge is -2.43. The van der Waals surface area contributed by atoms with Crippen LogP contribution in [0.3, 0.4) is 0 Å². The second-order valence-corrected chi connectivity index (χ2v) is 4.93. The topological polar surface area (TPSA) is 44.5 Å². The minimum absolute atomic E-state index is 0.170. The van der Waals surface area contributed by atoms with Gasteiger partial charge in [-0.2, -0.15) is 0 Å². The van der Waals surface area contributed by atoms with Gasteiger partial charge in [-0.25, -0.2) is 4.39 Å². The Balaban J connectivity index is 1.94. The molecule has 3 nitrogen and oxygen atoms in total. The van der Waals surface area contributed by atoms with Crippen LogP contribution in [-0.4, -0.2) is 18.8 Å². The molecule has 2 heterocycles. The van der Waals surface area contributed by atoms with Crippen LogP contribution in [0.4, 0.5) is 4.39 Å².